The number of carbonyl (C=O) groups excluding carboxylic acids is 2. The number of nitrogens with one attached hydrogen (secondary N) is 4. The van der Waals surface area contributed by atoms with Gasteiger partial charge in [-0.3, -0.25) is 20.4 Å². The van der Waals surface area contributed by atoms with Crippen molar-refractivity contribution in [1.29, 1.82) is 10.8 Å². The van der Waals surface area contributed by atoms with Gasteiger partial charge in [0.2, 0.25) is 0 Å². The van der Waals surface area contributed by atoms with Gasteiger partial charge < -0.3 is 31.1 Å². The molecule has 2 amide bonds. The Morgan fingerprint density at radius 2 is 1.00 bits per heavy atom. The molecule has 0 spiro atoms. The first-order valence-electron chi connectivity index (χ1n) is 6.34. The van der Waals surface area contributed by atoms with Gasteiger partial charge in [0.25, 0.3) is 11.8 Å². The molecule has 0 unspecified atom stereocenters. The van der Waals surface area contributed by atoms with Crippen molar-refractivity contribution in [1.82, 2.24) is 10.6 Å². The first-order chi connectivity index (χ1) is 10.1. The molecule has 0 heterocycles. The molecule has 22 heavy (non-hydrogen) atoms. The Bertz CT molecular complexity index is 415. The molecule has 0 fully saturated rings. The van der Waals surface area contributed by atoms with Crippen molar-refractivity contribution in [3.8, 4) is 0 Å². The second kappa shape index (κ2) is 7.94. The van der Waals surface area contributed by atoms with Gasteiger partial charge >= 0.3 is 0 Å². The lowest BCUT2D eigenvalue weighted by Crippen LogP contribution is -2.58. The minimum Gasteiger partial charge on any atom is -0.394 e. The minimum absolute atomic E-state index is 0.602. The van der Waals surface area contributed by atoms with Crippen LogP contribution in [-0.4, -0.2) is 81.2 Å². The third kappa shape index (κ3) is 5.15. The molecule has 0 aromatic rings. The Morgan fingerprint density at radius 3 is 1.18 bits per heavy atom. The summed E-state index contributed by atoms with van der Waals surface area (Å²) in [5.74, 6) is -2.25. The van der Waals surface area contributed by atoms with Crippen LogP contribution in [0.5, 0.6) is 0 Å². The van der Waals surface area contributed by atoms with Crippen molar-refractivity contribution >= 4 is 23.2 Å². The third-order valence-electron chi connectivity index (χ3n) is 2.93. The van der Waals surface area contributed by atoms with E-state index in [0.29, 0.717) is 0 Å². The van der Waals surface area contributed by atoms with Gasteiger partial charge in [-0.15, -0.1) is 0 Å². The summed E-state index contributed by atoms with van der Waals surface area (Å²) in [7, 11) is 0. The van der Waals surface area contributed by atoms with Crippen molar-refractivity contribution in [2.24, 2.45) is 0 Å². The maximum atomic E-state index is 11.7. The number of amides is 2. The van der Waals surface area contributed by atoms with Crippen LogP contribution < -0.4 is 10.6 Å². The SMILES string of the molecule is CC(CO)(CO)NC(=O)C(=N)C(=N)C(=O)NC(C)(CO)CO. The average Bonchev–Trinajstić information content (AvgIpc) is 2.52. The maximum Gasteiger partial charge on any atom is 0.272 e. The zero-order chi connectivity index (χ0) is 17.6. The largest absolute Gasteiger partial charge is 0.394 e. The molecule has 0 radical (unpaired) electrons. The Morgan fingerprint density at radius 1 is 0.773 bits per heavy atom. The Kier molecular flexibility index (Phi) is 7.26. The molecule has 0 aliphatic carbocycles. The van der Waals surface area contributed by atoms with Crippen LogP contribution in [0.15, 0.2) is 0 Å². The van der Waals surface area contributed by atoms with Crippen LogP contribution in [0.2, 0.25) is 0 Å². The first kappa shape index (κ1) is 20.1. The Hall–Kier alpha value is -1.88. The number of hydrogen-bond donors (Lipinski definition) is 8. The maximum absolute atomic E-state index is 11.7. The van der Waals surface area contributed by atoms with E-state index in [2.05, 4.69) is 10.6 Å². The van der Waals surface area contributed by atoms with Crippen molar-refractivity contribution < 1.29 is 30.0 Å². The van der Waals surface area contributed by atoms with E-state index >= 15 is 0 Å². The highest BCUT2D eigenvalue weighted by Crippen LogP contribution is 2.02. The van der Waals surface area contributed by atoms with E-state index in [1.165, 1.54) is 13.8 Å². The van der Waals surface area contributed by atoms with E-state index in [1.807, 2.05) is 0 Å². The van der Waals surface area contributed by atoms with Crippen LogP contribution in [0.1, 0.15) is 13.8 Å². The number of carbonyl (C=O) groups is 2. The van der Waals surface area contributed by atoms with Gasteiger partial charge in [-0.1, -0.05) is 0 Å². The number of aliphatic hydroxyl groups is 4. The summed E-state index contributed by atoms with van der Waals surface area (Å²) in [5, 5.41) is 55.5. The molecular weight excluding hydrogens is 296 g/mol. The van der Waals surface area contributed by atoms with E-state index < -0.39 is 60.7 Å². The minimum atomic E-state index is -1.40. The van der Waals surface area contributed by atoms with Gasteiger partial charge in [-0.05, 0) is 13.8 Å². The molecule has 0 saturated heterocycles. The second-order valence-electron chi connectivity index (χ2n) is 5.41. The lowest BCUT2D eigenvalue weighted by molar-refractivity contribution is -0.119. The fourth-order valence-corrected chi connectivity index (χ4v) is 1.16. The number of hydrogen-bond acceptors (Lipinski definition) is 8. The molecule has 0 aromatic heterocycles. The lowest BCUT2D eigenvalue weighted by Gasteiger charge is -2.27. The van der Waals surface area contributed by atoms with Crippen LogP contribution in [0.3, 0.4) is 0 Å². The summed E-state index contributed by atoms with van der Waals surface area (Å²) in [4.78, 5) is 23.5. The van der Waals surface area contributed by atoms with Gasteiger partial charge in [0.15, 0.2) is 11.4 Å². The quantitative estimate of drug-likeness (QED) is 0.206. The standard InChI is InChI=1S/C12H22N4O6/c1-11(3-17,4-18)15-9(21)7(13)8(14)10(22)16-12(2,5-19)6-20/h13-14,17-20H,3-6H2,1-2H3,(H,15,21)(H,16,22). The molecule has 0 aliphatic rings. The fraction of sp³-hybridized carbons (Fsp3) is 0.667. The Labute approximate surface area is 127 Å². The van der Waals surface area contributed by atoms with E-state index in [1.54, 1.807) is 0 Å². The van der Waals surface area contributed by atoms with Crippen molar-refractivity contribution in [2.75, 3.05) is 26.4 Å². The van der Waals surface area contributed by atoms with Crippen molar-refractivity contribution in [3.05, 3.63) is 0 Å². The highest BCUT2D eigenvalue weighted by molar-refractivity contribution is 6.79. The van der Waals surface area contributed by atoms with Gasteiger partial charge in [-0.2, -0.15) is 0 Å². The zero-order valence-electron chi connectivity index (χ0n) is 12.4. The first-order valence-corrected chi connectivity index (χ1v) is 6.34. The Balaban J connectivity index is 4.89. The summed E-state index contributed by atoms with van der Waals surface area (Å²) in [5.41, 5.74) is -4.76. The summed E-state index contributed by atoms with van der Waals surface area (Å²) in [6.45, 7) is 0.224. The summed E-state index contributed by atoms with van der Waals surface area (Å²) < 4.78 is 0. The summed E-state index contributed by atoms with van der Waals surface area (Å²) in [6, 6.07) is 0. The zero-order valence-corrected chi connectivity index (χ0v) is 12.4. The van der Waals surface area contributed by atoms with Crippen LogP contribution >= 0.6 is 0 Å². The van der Waals surface area contributed by atoms with Crippen LogP contribution in [0.4, 0.5) is 0 Å². The molecular formula is C12H22N4O6. The van der Waals surface area contributed by atoms with E-state index in [-0.39, 0.29) is 0 Å². The van der Waals surface area contributed by atoms with Crippen LogP contribution in [-0.2, 0) is 9.59 Å². The number of rotatable bonds is 9. The molecule has 0 rings (SSSR count). The highest BCUT2D eigenvalue weighted by atomic mass is 16.3. The second-order valence-corrected chi connectivity index (χ2v) is 5.41. The topological polar surface area (TPSA) is 187 Å². The van der Waals surface area contributed by atoms with Crippen LogP contribution in [0.25, 0.3) is 0 Å². The molecule has 10 nitrogen and oxygen atoms in total. The average molecular weight is 318 g/mol. The van der Waals surface area contributed by atoms with E-state index in [9.17, 15) is 9.59 Å². The molecule has 126 valence electrons. The molecule has 10 heteroatoms. The molecule has 0 atom stereocenters. The van der Waals surface area contributed by atoms with Gasteiger partial charge in [0.05, 0.1) is 37.5 Å². The monoisotopic (exact) mass is 318 g/mol. The van der Waals surface area contributed by atoms with Crippen molar-refractivity contribution in [3.63, 3.8) is 0 Å². The van der Waals surface area contributed by atoms with Crippen molar-refractivity contribution in [2.45, 2.75) is 24.9 Å². The summed E-state index contributed by atoms with van der Waals surface area (Å²) in [6.07, 6.45) is 0. The van der Waals surface area contributed by atoms with Gasteiger partial charge in [0, 0.05) is 0 Å². The molecule has 0 aliphatic heterocycles. The molecule has 0 bridgehead atoms. The fourth-order valence-electron chi connectivity index (χ4n) is 1.16. The lowest BCUT2D eigenvalue weighted by atomic mass is 10.0. The van der Waals surface area contributed by atoms with Gasteiger partial charge in [-0.25, -0.2) is 0 Å². The molecule has 0 saturated carbocycles. The smallest absolute Gasteiger partial charge is 0.272 e. The number of aliphatic hydroxyl groups excluding tert-OH is 4. The normalized spacial score (nSPS) is 11.7. The predicted octanol–water partition coefficient (Wildman–Crippen LogP) is -3.26. The van der Waals surface area contributed by atoms with Gasteiger partial charge in [0.1, 0.15) is 0 Å². The predicted molar refractivity (Wildman–Crippen MR) is 76.9 cm³/mol. The van der Waals surface area contributed by atoms with Crippen LogP contribution in [0, 0.1) is 10.8 Å². The third-order valence-corrected chi connectivity index (χ3v) is 2.93. The van der Waals surface area contributed by atoms with E-state index in [4.69, 9.17) is 31.2 Å². The van der Waals surface area contributed by atoms with E-state index in [0.717, 1.165) is 0 Å². The summed E-state index contributed by atoms with van der Waals surface area (Å²) >= 11 is 0. The molecule has 0 aromatic carbocycles. The molecule has 8 N–H and O–H groups in total. The highest BCUT2D eigenvalue weighted by Gasteiger charge is 2.32.